The number of aliphatic carboxylic acids is 1. The molecule has 0 radical (unpaired) electrons. The summed E-state index contributed by atoms with van der Waals surface area (Å²) in [7, 11) is 0. The minimum absolute atomic E-state index is 0.183. The Hall–Kier alpha value is -1.43. The number of aliphatic hydroxyl groups excluding tert-OH is 2. The van der Waals surface area contributed by atoms with Gasteiger partial charge in [0.1, 0.15) is 6.04 Å². The Morgan fingerprint density at radius 1 is 0.875 bits per heavy atom. The lowest BCUT2D eigenvalue weighted by atomic mass is 10.0. The average Bonchev–Trinajstić information content (AvgIpc) is 2.59. The fourth-order valence-electron chi connectivity index (χ4n) is 2.84. The van der Waals surface area contributed by atoms with Gasteiger partial charge in [-0.1, -0.05) is 30.3 Å². The van der Waals surface area contributed by atoms with Crippen molar-refractivity contribution in [3.8, 4) is 0 Å². The van der Waals surface area contributed by atoms with Crippen LogP contribution in [0.4, 0.5) is 0 Å². The summed E-state index contributed by atoms with van der Waals surface area (Å²) in [6, 6.07) is 9.19. The maximum Gasteiger partial charge on any atom is 0.321 e. The van der Waals surface area contributed by atoms with Crippen molar-refractivity contribution in [3.05, 3.63) is 35.9 Å². The van der Waals surface area contributed by atoms with Gasteiger partial charge in [0.25, 0.3) is 0 Å². The van der Waals surface area contributed by atoms with Crippen LogP contribution in [0.25, 0.3) is 0 Å². The van der Waals surface area contributed by atoms with E-state index in [2.05, 4.69) is 0 Å². The van der Waals surface area contributed by atoms with Crippen molar-refractivity contribution in [1.29, 1.82) is 0 Å². The summed E-state index contributed by atoms with van der Waals surface area (Å²) in [6.07, 6.45) is 5.60. The molecule has 24 heavy (non-hydrogen) atoms. The van der Waals surface area contributed by atoms with Crippen LogP contribution in [-0.2, 0) is 11.2 Å². The lowest BCUT2D eigenvalue weighted by Crippen LogP contribution is -2.44. The van der Waals surface area contributed by atoms with Gasteiger partial charge in [0.05, 0.1) is 0 Å². The number of nitrogens with zero attached hydrogens (tertiary/aromatic N) is 1. The Labute approximate surface area is 144 Å². The second kappa shape index (κ2) is 12.9. The zero-order valence-electron chi connectivity index (χ0n) is 14.4. The van der Waals surface area contributed by atoms with E-state index in [9.17, 15) is 9.90 Å². The molecule has 1 aromatic rings. The van der Waals surface area contributed by atoms with Gasteiger partial charge in [-0.15, -0.1) is 0 Å². The standard InChI is InChI=1S/C19H31NO4/c21-14-8-2-6-12-20(13-7-3-9-15-22)18(19(23)24)16-17-10-4-1-5-11-17/h1,4-5,10-11,18,21-22H,2-3,6-9,12-16H2,(H,23,24)/t18-/m0/s1. The highest BCUT2D eigenvalue weighted by Gasteiger charge is 2.25. The first-order valence-electron chi connectivity index (χ1n) is 8.91. The third kappa shape index (κ3) is 8.43. The number of hydrogen-bond donors (Lipinski definition) is 3. The molecule has 0 spiro atoms. The van der Waals surface area contributed by atoms with Crippen molar-refractivity contribution < 1.29 is 20.1 Å². The molecule has 1 rings (SSSR count). The van der Waals surface area contributed by atoms with Crippen LogP contribution in [-0.4, -0.2) is 58.5 Å². The van der Waals surface area contributed by atoms with Crippen LogP contribution in [0.2, 0.25) is 0 Å². The molecule has 3 N–H and O–H groups in total. The SMILES string of the molecule is O=C(O)[C@H](Cc1ccccc1)N(CCCCCO)CCCCCO. The minimum Gasteiger partial charge on any atom is -0.480 e. The topological polar surface area (TPSA) is 81.0 Å². The molecule has 0 saturated carbocycles. The zero-order valence-corrected chi connectivity index (χ0v) is 14.4. The molecule has 0 unspecified atom stereocenters. The van der Waals surface area contributed by atoms with Crippen LogP contribution < -0.4 is 0 Å². The third-order valence-corrected chi connectivity index (χ3v) is 4.20. The Kier molecular flexibility index (Phi) is 11.1. The Bertz CT molecular complexity index is 426. The molecule has 0 fully saturated rings. The van der Waals surface area contributed by atoms with Gasteiger partial charge < -0.3 is 15.3 Å². The van der Waals surface area contributed by atoms with Crippen LogP contribution in [0.1, 0.15) is 44.1 Å². The molecule has 1 atom stereocenters. The first-order chi connectivity index (χ1) is 11.7. The van der Waals surface area contributed by atoms with Crippen LogP contribution >= 0.6 is 0 Å². The molecule has 0 bridgehead atoms. The Morgan fingerprint density at radius 2 is 1.42 bits per heavy atom. The molecule has 1 aromatic carbocycles. The fraction of sp³-hybridized carbons (Fsp3) is 0.632. The van der Waals surface area contributed by atoms with E-state index in [1.165, 1.54) is 0 Å². The summed E-state index contributed by atoms with van der Waals surface area (Å²) >= 11 is 0. The normalized spacial score (nSPS) is 12.5. The fourth-order valence-corrected chi connectivity index (χ4v) is 2.84. The van der Waals surface area contributed by atoms with E-state index >= 15 is 0 Å². The molecule has 0 amide bonds. The highest BCUT2D eigenvalue weighted by molar-refractivity contribution is 5.74. The first-order valence-corrected chi connectivity index (χ1v) is 8.91. The van der Waals surface area contributed by atoms with Crippen molar-refractivity contribution in [2.24, 2.45) is 0 Å². The highest BCUT2D eigenvalue weighted by atomic mass is 16.4. The van der Waals surface area contributed by atoms with Crippen LogP contribution in [0.15, 0.2) is 30.3 Å². The molecule has 0 aliphatic rings. The molecule has 0 aliphatic heterocycles. The maximum atomic E-state index is 11.8. The van der Waals surface area contributed by atoms with E-state index in [4.69, 9.17) is 10.2 Å². The average molecular weight is 337 g/mol. The number of carboxylic acids is 1. The van der Waals surface area contributed by atoms with Crippen molar-refractivity contribution in [3.63, 3.8) is 0 Å². The minimum atomic E-state index is -0.789. The summed E-state index contributed by atoms with van der Waals surface area (Å²) in [5.74, 6) is -0.789. The van der Waals surface area contributed by atoms with E-state index in [1.807, 2.05) is 35.2 Å². The van der Waals surface area contributed by atoms with Gasteiger partial charge in [-0.25, -0.2) is 0 Å². The number of unbranched alkanes of at least 4 members (excludes halogenated alkanes) is 4. The molecule has 0 saturated heterocycles. The maximum absolute atomic E-state index is 11.8. The van der Waals surface area contributed by atoms with E-state index in [0.29, 0.717) is 6.42 Å². The number of hydrogen-bond acceptors (Lipinski definition) is 4. The van der Waals surface area contributed by atoms with Gasteiger partial charge in [0.15, 0.2) is 0 Å². The number of carboxylic acid groups (broad SMARTS) is 1. The van der Waals surface area contributed by atoms with Gasteiger partial charge in [-0.3, -0.25) is 9.69 Å². The summed E-state index contributed by atoms with van der Waals surface area (Å²) in [4.78, 5) is 13.8. The molecular formula is C19H31NO4. The second-order valence-corrected chi connectivity index (χ2v) is 6.15. The molecule has 136 valence electrons. The van der Waals surface area contributed by atoms with E-state index in [1.54, 1.807) is 0 Å². The number of rotatable bonds is 14. The lowest BCUT2D eigenvalue weighted by Gasteiger charge is -2.29. The quantitative estimate of drug-likeness (QED) is 0.454. The van der Waals surface area contributed by atoms with E-state index < -0.39 is 12.0 Å². The monoisotopic (exact) mass is 337 g/mol. The van der Waals surface area contributed by atoms with Crippen LogP contribution in [0.3, 0.4) is 0 Å². The zero-order chi connectivity index (χ0) is 17.6. The summed E-state index contributed by atoms with van der Waals surface area (Å²) in [5, 5.41) is 27.5. The molecule has 0 aliphatic carbocycles. The molecule has 5 heteroatoms. The number of aliphatic hydroxyl groups is 2. The second-order valence-electron chi connectivity index (χ2n) is 6.15. The highest BCUT2D eigenvalue weighted by Crippen LogP contribution is 2.13. The first kappa shape index (κ1) is 20.6. The summed E-state index contributed by atoms with van der Waals surface area (Å²) in [5.41, 5.74) is 1.03. The number of benzene rings is 1. The summed E-state index contributed by atoms with van der Waals surface area (Å²) < 4.78 is 0. The van der Waals surface area contributed by atoms with Crippen LogP contribution in [0, 0.1) is 0 Å². The number of carbonyl (C=O) groups is 1. The predicted molar refractivity (Wildman–Crippen MR) is 95.0 cm³/mol. The van der Waals surface area contributed by atoms with Crippen molar-refractivity contribution >= 4 is 5.97 Å². The smallest absolute Gasteiger partial charge is 0.321 e. The lowest BCUT2D eigenvalue weighted by molar-refractivity contribution is -0.143. The van der Waals surface area contributed by atoms with Gasteiger partial charge in [0, 0.05) is 13.2 Å². The van der Waals surface area contributed by atoms with Gasteiger partial charge >= 0.3 is 5.97 Å². The van der Waals surface area contributed by atoms with Crippen molar-refractivity contribution in [2.75, 3.05) is 26.3 Å². The third-order valence-electron chi connectivity index (χ3n) is 4.20. The van der Waals surface area contributed by atoms with Crippen LogP contribution in [0.5, 0.6) is 0 Å². The molecule has 0 aromatic heterocycles. The van der Waals surface area contributed by atoms with Crippen molar-refractivity contribution in [1.82, 2.24) is 4.90 Å². The van der Waals surface area contributed by atoms with Gasteiger partial charge in [-0.2, -0.15) is 0 Å². The molecular weight excluding hydrogens is 306 g/mol. The predicted octanol–water partition coefficient (Wildman–Crippen LogP) is 2.31. The Morgan fingerprint density at radius 3 is 1.88 bits per heavy atom. The largest absolute Gasteiger partial charge is 0.480 e. The summed E-state index contributed by atoms with van der Waals surface area (Å²) in [6.45, 7) is 1.82. The van der Waals surface area contributed by atoms with E-state index in [0.717, 1.165) is 57.2 Å². The molecule has 5 nitrogen and oxygen atoms in total. The van der Waals surface area contributed by atoms with E-state index in [-0.39, 0.29) is 13.2 Å². The van der Waals surface area contributed by atoms with Crippen molar-refractivity contribution in [2.45, 2.75) is 51.0 Å². The Balaban J connectivity index is 2.66. The van der Waals surface area contributed by atoms with Gasteiger partial charge in [-0.05, 0) is 63.6 Å². The molecule has 0 heterocycles. The van der Waals surface area contributed by atoms with Gasteiger partial charge in [0.2, 0.25) is 0 Å².